The fourth-order valence-electron chi connectivity index (χ4n) is 1.74. The SMILES string of the molecule is CCCC(CCO)CN=C(N)NCCCOCC.I. The first-order valence-corrected chi connectivity index (χ1v) is 6.96. The van der Waals surface area contributed by atoms with Crippen LogP contribution in [0.25, 0.3) is 0 Å². The molecule has 4 N–H and O–H groups in total. The highest BCUT2D eigenvalue weighted by Gasteiger charge is 2.06. The van der Waals surface area contributed by atoms with Crippen molar-refractivity contribution in [1.29, 1.82) is 0 Å². The Bertz CT molecular complexity index is 210. The largest absolute Gasteiger partial charge is 0.396 e. The zero-order valence-electron chi connectivity index (χ0n) is 12.2. The number of aliphatic hydroxyl groups is 1. The maximum absolute atomic E-state index is 8.94. The van der Waals surface area contributed by atoms with E-state index in [1.54, 1.807) is 0 Å². The van der Waals surface area contributed by atoms with E-state index >= 15 is 0 Å². The molecule has 0 aromatic heterocycles. The molecule has 6 heteroatoms. The van der Waals surface area contributed by atoms with Gasteiger partial charge in [0.05, 0.1) is 0 Å². The Kier molecular flexibility index (Phi) is 17.8. The minimum Gasteiger partial charge on any atom is -0.396 e. The minimum absolute atomic E-state index is 0. The summed E-state index contributed by atoms with van der Waals surface area (Å²) in [7, 11) is 0. The lowest BCUT2D eigenvalue weighted by Crippen LogP contribution is -2.33. The smallest absolute Gasteiger partial charge is 0.188 e. The van der Waals surface area contributed by atoms with Crippen LogP contribution in [0.5, 0.6) is 0 Å². The maximum atomic E-state index is 8.94. The predicted octanol–water partition coefficient (Wildman–Crippen LogP) is 1.73. The summed E-state index contributed by atoms with van der Waals surface area (Å²) in [4.78, 5) is 4.31. The summed E-state index contributed by atoms with van der Waals surface area (Å²) in [5.74, 6) is 0.925. The molecule has 19 heavy (non-hydrogen) atoms. The standard InChI is InChI=1S/C13H29N3O2.HI/c1-3-6-12(7-9-17)11-16-13(14)15-8-5-10-18-4-2;/h12,17H,3-11H2,1-2H3,(H3,14,15,16);1H. The molecule has 0 saturated carbocycles. The van der Waals surface area contributed by atoms with E-state index in [4.69, 9.17) is 15.6 Å². The third-order valence-corrected chi connectivity index (χ3v) is 2.73. The quantitative estimate of drug-likeness (QED) is 0.218. The van der Waals surface area contributed by atoms with Gasteiger partial charge in [-0.2, -0.15) is 0 Å². The summed E-state index contributed by atoms with van der Waals surface area (Å²) in [6.07, 6.45) is 3.93. The molecular formula is C13H30IN3O2. The van der Waals surface area contributed by atoms with Crippen LogP contribution in [0.4, 0.5) is 0 Å². The van der Waals surface area contributed by atoms with E-state index in [9.17, 15) is 0 Å². The van der Waals surface area contributed by atoms with Gasteiger partial charge in [0.25, 0.3) is 0 Å². The van der Waals surface area contributed by atoms with E-state index in [0.29, 0.717) is 18.4 Å². The number of rotatable bonds is 11. The molecule has 0 aliphatic carbocycles. The highest BCUT2D eigenvalue weighted by Crippen LogP contribution is 2.10. The van der Waals surface area contributed by atoms with E-state index in [1.165, 1.54) is 0 Å². The van der Waals surface area contributed by atoms with Crippen LogP contribution in [0, 0.1) is 5.92 Å². The second-order valence-corrected chi connectivity index (χ2v) is 4.37. The van der Waals surface area contributed by atoms with Crippen LogP contribution in [-0.4, -0.2) is 44.0 Å². The number of guanidine groups is 1. The van der Waals surface area contributed by atoms with Crippen LogP contribution in [0.2, 0.25) is 0 Å². The Hall–Kier alpha value is -0.0800. The number of nitrogens with one attached hydrogen (secondary N) is 1. The third-order valence-electron chi connectivity index (χ3n) is 2.73. The van der Waals surface area contributed by atoms with Gasteiger partial charge >= 0.3 is 0 Å². The Morgan fingerprint density at radius 3 is 2.68 bits per heavy atom. The predicted molar refractivity (Wildman–Crippen MR) is 91.1 cm³/mol. The molecule has 0 aromatic rings. The average Bonchev–Trinajstić information content (AvgIpc) is 2.36. The van der Waals surface area contributed by atoms with E-state index in [0.717, 1.165) is 45.4 Å². The first kappa shape index (κ1) is 21.2. The third kappa shape index (κ3) is 14.1. The average molecular weight is 387 g/mol. The Balaban J connectivity index is 0. The van der Waals surface area contributed by atoms with Crippen LogP contribution >= 0.6 is 24.0 Å². The van der Waals surface area contributed by atoms with Crippen molar-refractivity contribution < 1.29 is 9.84 Å². The number of nitrogens with zero attached hydrogens (tertiary/aromatic N) is 1. The molecule has 0 saturated heterocycles. The fraction of sp³-hybridized carbons (Fsp3) is 0.923. The monoisotopic (exact) mass is 387 g/mol. The molecule has 0 amide bonds. The van der Waals surface area contributed by atoms with Crippen LogP contribution < -0.4 is 11.1 Å². The molecule has 116 valence electrons. The number of aliphatic hydroxyl groups excluding tert-OH is 1. The molecule has 0 heterocycles. The summed E-state index contributed by atoms with van der Waals surface area (Å²) in [6.45, 7) is 7.33. The highest BCUT2D eigenvalue weighted by molar-refractivity contribution is 14.0. The molecule has 0 bridgehead atoms. The van der Waals surface area contributed by atoms with Crippen molar-refractivity contribution in [2.75, 3.05) is 32.9 Å². The number of hydrogen-bond acceptors (Lipinski definition) is 3. The second kappa shape index (κ2) is 16.0. The molecule has 0 aliphatic rings. The van der Waals surface area contributed by atoms with Crippen molar-refractivity contribution in [2.45, 2.75) is 39.5 Å². The van der Waals surface area contributed by atoms with Crippen LogP contribution in [0.1, 0.15) is 39.5 Å². The Morgan fingerprint density at radius 1 is 1.37 bits per heavy atom. The summed E-state index contributed by atoms with van der Waals surface area (Å²) in [5.41, 5.74) is 5.76. The van der Waals surface area contributed by atoms with Crippen molar-refractivity contribution in [2.24, 2.45) is 16.6 Å². The van der Waals surface area contributed by atoms with Gasteiger partial charge in [-0.25, -0.2) is 0 Å². The van der Waals surface area contributed by atoms with Gasteiger partial charge in [0.2, 0.25) is 0 Å². The van der Waals surface area contributed by atoms with Gasteiger partial charge < -0.3 is 20.9 Å². The lowest BCUT2D eigenvalue weighted by Gasteiger charge is -2.12. The molecule has 0 radical (unpaired) electrons. The van der Waals surface area contributed by atoms with Crippen molar-refractivity contribution in [3.63, 3.8) is 0 Å². The van der Waals surface area contributed by atoms with E-state index in [1.807, 2.05) is 6.92 Å². The van der Waals surface area contributed by atoms with Gasteiger partial charge in [0.15, 0.2) is 5.96 Å². The van der Waals surface area contributed by atoms with E-state index in [2.05, 4.69) is 17.2 Å². The Morgan fingerprint density at radius 2 is 2.11 bits per heavy atom. The zero-order chi connectivity index (χ0) is 13.6. The maximum Gasteiger partial charge on any atom is 0.188 e. The highest BCUT2D eigenvalue weighted by atomic mass is 127. The number of halogens is 1. The van der Waals surface area contributed by atoms with Crippen molar-refractivity contribution in [3.05, 3.63) is 0 Å². The molecular weight excluding hydrogens is 357 g/mol. The first-order valence-electron chi connectivity index (χ1n) is 6.96. The lowest BCUT2D eigenvalue weighted by atomic mass is 10.0. The number of nitrogens with two attached hydrogens (primary N) is 1. The topological polar surface area (TPSA) is 79.9 Å². The van der Waals surface area contributed by atoms with Crippen LogP contribution in [-0.2, 0) is 4.74 Å². The second-order valence-electron chi connectivity index (χ2n) is 4.37. The summed E-state index contributed by atoms with van der Waals surface area (Å²) in [5, 5.41) is 12.0. The van der Waals surface area contributed by atoms with Gasteiger partial charge in [0.1, 0.15) is 0 Å². The van der Waals surface area contributed by atoms with Gasteiger partial charge in [-0.05, 0) is 32.1 Å². The molecule has 0 aromatic carbocycles. The van der Waals surface area contributed by atoms with Crippen molar-refractivity contribution >= 4 is 29.9 Å². The minimum atomic E-state index is 0. The number of ether oxygens (including phenoxy) is 1. The number of hydrogen-bond donors (Lipinski definition) is 3. The summed E-state index contributed by atoms with van der Waals surface area (Å²) >= 11 is 0. The molecule has 5 nitrogen and oxygen atoms in total. The molecule has 1 atom stereocenters. The number of aliphatic imine (C=N–C) groups is 1. The molecule has 0 aliphatic heterocycles. The van der Waals surface area contributed by atoms with Gasteiger partial charge in [-0.1, -0.05) is 13.3 Å². The molecule has 0 rings (SSSR count). The molecule has 0 fully saturated rings. The van der Waals surface area contributed by atoms with Crippen molar-refractivity contribution in [3.8, 4) is 0 Å². The van der Waals surface area contributed by atoms with Gasteiger partial charge in [0, 0.05) is 32.9 Å². The summed E-state index contributed by atoms with van der Waals surface area (Å²) in [6, 6.07) is 0. The molecule has 0 spiro atoms. The first-order chi connectivity index (χ1) is 8.74. The normalized spacial score (nSPS) is 12.9. The lowest BCUT2D eigenvalue weighted by molar-refractivity contribution is 0.145. The van der Waals surface area contributed by atoms with Gasteiger partial charge in [-0.3, -0.25) is 4.99 Å². The van der Waals surface area contributed by atoms with Gasteiger partial charge in [-0.15, -0.1) is 24.0 Å². The zero-order valence-corrected chi connectivity index (χ0v) is 14.6. The Labute approximate surface area is 134 Å². The van der Waals surface area contributed by atoms with E-state index in [-0.39, 0.29) is 30.6 Å². The molecule has 1 unspecified atom stereocenters. The summed E-state index contributed by atoms with van der Waals surface area (Å²) < 4.78 is 5.23. The van der Waals surface area contributed by atoms with Crippen molar-refractivity contribution in [1.82, 2.24) is 5.32 Å². The van der Waals surface area contributed by atoms with Crippen LogP contribution in [0.3, 0.4) is 0 Å². The van der Waals surface area contributed by atoms with E-state index < -0.39 is 0 Å². The fourth-order valence-corrected chi connectivity index (χ4v) is 1.74. The van der Waals surface area contributed by atoms with Crippen LogP contribution in [0.15, 0.2) is 4.99 Å².